The molecule has 2 rings (SSSR count). The van der Waals surface area contributed by atoms with E-state index in [9.17, 15) is 24.0 Å². The Morgan fingerprint density at radius 2 is 1.68 bits per heavy atom. The Kier molecular flexibility index (Phi) is 8.43. The van der Waals surface area contributed by atoms with Crippen LogP contribution in [-0.2, 0) is 32.8 Å². The zero-order valence-electron chi connectivity index (χ0n) is 17.2. The number of nitrogens with one attached hydrogen (secondary N) is 4. The third-order valence-electron chi connectivity index (χ3n) is 4.25. The second-order valence-electron chi connectivity index (χ2n) is 6.61. The number of nitrogens with zero attached hydrogens (tertiary/aromatic N) is 2. The van der Waals surface area contributed by atoms with Gasteiger partial charge in [-0.15, -0.1) is 0 Å². The van der Waals surface area contributed by atoms with Crippen LogP contribution in [0.2, 0.25) is 0 Å². The Morgan fingerprint density at radius 1 is 0.968 bits per heavy atom. The van der Waals surface area contributed by atoms with Gasteiger partial charge in [-0.25, -0.2) is 0 Å². The summed E-state index contributed by atoms with van der Waals surface area (Å²) in [6, 6.07) is 9.09. The highest BCUT2D eigenvalue weighted by Gasteiger charge is 2.19. The maximum Gasteiger partial charge on any atom is 0.289 e. The lowest BCUT2D eigenvalue weighted by atomic mass is 10.2. The van der Waals surface area contributed by atoms with Crippen molar-refractivity contribution in [2.45, 2.75) is 19.5 Å². The molecule has 0 spiro atoms. The van der Waals surface area contributed by atoms with Gasteiger partial charge in [-0.05, 0) is 25.1 Å². The van der Waals surface area contributed by atoms with Crippen LogP contribution < -0.4 is 21.3 Å². The van der Waals surface area contributed by atoms with E-state index in [1.165, 1.54) is 6.92 Å². The molecule has 1 heterocycles. The van der Waals surface area contributed by atoms with Crippen molar-refractivity contribution in [2.75, 3.05) is 13.1 Å². The summed E-state index contributed by atoms with van der Waals surface area (Å²) in [5.74, 6) is -3.32. The van der Waals surface area contributed by atoms with Gasteiger partial charge in [0.15, 0.2) is 0 Å². The summed E-state index contributed by atoms with van der Waals surface area (Å²) in [7, 11) is 1.70. The first-order valence-electron chi connectivity index (χ1n) is 9.46. The zero-order chi connectivity index (χ0) is 22.8. The fourth-order valence-corrected chi connectivity index (χ4v) is 2.46. The van der Waals surface area contributed by atoms with Crippen LogP contribution in [0.15, 0.2) is 42.6 Å². The van der Waals surface area contributed by atoms with Gasteiger partial charge in [-0.1, -0.05) is 18.2 Å². The maximum absolute atomic E-state index is 12.0. The first-order valence-corrected chi connectivity index (χ1v) is 9.46. The van der Waals surface area contributed by atoms with E-state index in [0.29, 0.717) is 11.3 Å². The van der Waals surface area contributed by atoms with Crippen molar-refractivity contribution >= 4 is 29.4 Å². The highest BCUT2D eigenvalue weighted by molar-refractivity contribution is 6.37. The van der Waals surface area contributed by atoms with Crippen LogP contribution in [0.25, 0.3) is 0 Å². The number of hydrogen-bond donors (Lipinski definition) is 4. The largest absolute Gasteiger partial charge is 0.347 e. The van der Waals surface area contributed by atoms with E-state index in [0.717, 1.165) is 0 Å². The van der Waals surface area contributed by atoms with Gasteiger partial charge in [-0.3, -0.25) is 28.7 Å². The van der Waals surface area contributed by atoms with Gasteiger partial charge >= 0.3 is 0 Å². The van der Waals surface area contributed by atoms with Crippen molar-refractivity contribution in [2.24, 2.45) is 7.05 Å². The highest BCUT2D eigenvalue weighted by Crippen LogP contribution is 1.97. The molecule has 0 aliphatic carbocycles. The molecule has 0 bridgehead atoms. The van der Waals surface area contributed by atoms with E-state index in [-0.39, 0.29) is 13.1 Å². The number of carbonyl (C=O) groups is 5. The molecule has 1 aromatic heterocycles. The highest BCUT2D eigenvalue weighted by atomic mass is 16.2. The second kappa shape index (κ2) is 11.2. The topological polar surface area (TPSA) is 151 Å². The molecule has 11 nitrogen and oxygen atoms in total. The molecule has 4 N–H and O–H groups in total. The summed E-state index contributed by atoms with van der Waals surface area (Å²) >= 11 is 0. The Balaban J connectivity index is 1.68. The average Bonchev–Trinajstić information content (AvgIpc) is 3.18. The SMILES string of the molecule is C[C@H](NC(=O)CNC(=O)c1ccccc1)C(=O)NCC(=O)C(=O)NCc1ccnn1C. The Labute approximate surface area is 178 Å². The van der Waals surface area contributed by atoms with E-state index < -0.39 is 42.0 Å². The molecule has 0 aliphatic heterocycles. The number of aryl methyl sites for hydroxylation is 1. The van der Waals surface area contributed by atoms with Crippen LogP contribution in [0.4, 0.5) is 0 Å². The quantitative estimate of drug-likeness (QED) is 0.344. The third-order valence-corrected chi connectivity index (χ3v) is 4.25. The number of amides is 4. The molecule has 0 aliphatic rings. The molecule has 0 saturated heterocycles. The van der Waals surface area contributed by atoms with Gasteiger partial charge in [0.2, 0.25) is 17.6 Å². The molecule has 31 heavy (non-hydrogen) atoms. The predicted octanol–water partition coefficient (Wildman–Crippen LogP) is -1.34. The van der Waals surface area contributed by atoms with Crippen LogP contribution in [0.5, 0.6) is 0 Å². The lowest BCUT2D eigenvalue weighted by Crippen LogP contribution is -2.49. The Hall–Kier alpha value is -4.02. The van der Waals surface area contributed by atoms with Gasteiger partial charge in [0, 0.05) is 18.8 Å². The van der Waals surface area contributed by atoms with Crippen molar-refractivity contribution in [3.8, 4) is 0 Å². The first kappa shape index (κ1) is 23.3. The minimum atomic E-state index is -0.966. The number of rotatable bonds is 10. The summed E-state index contributed by atoms with van der Waals surface area (Å²) in [5, 5.41) is 13.5. The maximum atomic E-state index is 12.0. The Bertz CT molecular complexity index is 956. The minimum Gasteiger partial charge on any atom is -0.347 e. The lowest BCUT2D eigenvalue weighted by molar-refractivity contribution is -0.138. The second-order valence-corrected chi connectivity index (χ2v) is 6.61. The first-order chi connectivity index (χ1) is 14.8. The van der Waals surface area contributed by atoms with Crippen LogP contribution in [-0.4, -0.2) is 58.3 Å². The summed E-state index contributed by atoms with van der Waals surface area (Å²) in [6.45, 7) is 0.705. The molecule has 1 aromatic carbocycles. The Morgan fingerprint density at radius 3 is 2.32 bits per heavy atom. The van der Waals surface area contributed by atoms with Gasteiger partial charge in [0.05, 0.1) is 25.3 Å². The molecule has 164 valence electrons. The van der Waals surface area contributed by atoms with Gasteiger partial charge in [0.1, 0.15) is 6.04 Å². The van der Waals surface area contributed by atoms with E-state index in [4.69, 9.17) is 0 Å². The molecule has 0 saturated carbocycles. The van der Waals surface area contributed by atoms with Crippen LogP contribution >= 0.6 is 0 Å². The monoisotopic (exact) mass is 428 g/mol. The molecule has 4 amide bonds. The van der Waals surface area contributed by atoms with E-state index in [2.05, 4.69) is 26.4 Å². The summed E-state index contributed by atoms with van der Waals surface area (Å²) in [6.07, 6.45) is 1.56. The van der Waals surface area contributed by atoms with Crippen LogP contribution in [0, 0.1) is 0 Å². The molecular weight excluding hydrogens is 404 g/mol. The van der Waals surface area contributed by atoms with E-state index in [1.54, 1.807) is 54.3 Å². The van der Waals surface area contributed by atoms with Crippen LogP contribution in [0.3, 0.4) is 0 Å². The summed E-state index contributed by atoms with van der Waals surface area (Å²) < 4.78 is 1.55. The van der Waals surface area contributed by atoms with Gasteiger partial charge in [0.25, 0.3) is 11.8 Å². The minimum absolute atomic E-state index is 0.121. The molecule has 0 radical (unpaired) electrons. The summed E-state index contributed by atoms with van der Waals surface area (Å²) in [4.78, 5) is 59.6. The fourth-order valence-electron chi connectivity index (χ4n) is 2.46. The molecule has 11 heteroatoms. The average molecular weight is 428 g/mol. The number of carbonyl (C=O) groups excluding carboxylic acids is 5. The third kappa shape index (κ3) is 7.38. The van der Waals surface area contributed by atoms with Crippen molar-refractivity contribution in [3.63, 3.8) is 0 Å². The number of ketones is 1. The predicted molar refractivity (Wildman–Crippen MR) is 109 cm³/mol. The normalized spacial score (nSPS) is 11.2. The van der Waals surface area contributed by atoms with Gasteiger partial charge < -0.3 is 21.3 Å². The fraction of sp³-hybridized carbons (Fsp3) is 0.300. The van der Waals surface area contributed by atoms with E-state index >= 15 is 0 Å². The number of benzene rings is 1. The molecule has 0 unspecified atom stereocenters. The standard InChI is InChI=1S/C20H24N6O5/c1-13(25-17(28)12-23-19(30)14-6-4-3-5-7-14)18(29)22-11-16(27)20(31)21-10-15-8-9-24-26(15)2/h3-9,13H,10-12H2,1-2H3,(H,21,31)(H,22,29)(H,23,30)(H,25,28)/t13-/m0/s1. The van der Waals surface area contributed by atoms with Crippen molar-refractivity contribution in [1.29, 1.82) is 0 Å². The van der Waals surface area contributed by atoms with Crippen molar-refractivity contribution < 1.29 is 24.0 Å². The van der Waals surface area contributed by atoms with Crippen LogP contribution in [0.1, 0.15) is 23.0 Å². The van der Waals surface area contributed by atoms with E-state index in [1.807, 2.05) is 0 Å². The zero-order valence-corrected chi connectivity index (χ0v) is 17.2. The smallest absolute Gasteiger partial charge is 0.289 e. The van der Waals surface area contributed by atoms with Crippen molar-refractivity contribution in [3.05, 3.63) is 53.9 Å². The van der Waals surface area contributed by atoms with Gasteiger partial charge in [-0.2, -0.15) is 5.10 Å². The lowest BCUT2D eigenvalue weighted by Gasteiger charge is -2.14. The van der Waals surface area contributed by atoms with Crippen molar-refractivity contribution in [1.82, 2.24) is 31.0 Å². The molecular formula is C20H24N6O5. The molecule has 0 fully saturated rings. The molecule has 1 atom stereocenters. The number of Topliss-reactive ketones (excluding diaryl/α,β-unsaturated/α-hetero) is 1. The number of hydrogen-bond acceptors (Lipinski definition) is 6. The molecule has 2 aromatic rings. The number of aromatic nitrogens is 2. The summed E-state index contributed by atoms with van der Waals surface area (Å²) in [5.41, 5.74) is 1.11.